The van der Waals surface area contributed by atoms with Crippen molar-refractivity contribution in [2.45, 2.75) is 0 Å². The van der Waals surface area contributed by atoms with E-state index >= 15 is 0 Å². The zero-order valence-corrected chi connectivity index (χ0v) is 9.60. The highest BCUT2D eigenvalue weighted by atomic mass is 35.5. The second-order valence-corrected chi connectivity index (χ2v) is 3.99. The summed E-state index contributed by atoms with van der Waals surface area (Å²) in [6.07, 6.45) is 0. The molecule has 0 atom stereocenters. The fourth-order valence-electron chi connectivity index (χ4n) is 1.61. The maximum atomic E-state index is 12.1. The number of H-pyrrole nitrogens is 1. The van der Waals surface area contributed by atoms with Crippen LogP contribution in [0.2, 0.25) is 5.02 Å². The van der Waals surface area contributed by atoms with Gasteiger partial charge in [0.2, 0.25) is 17.0 Å². The van der Waals surface area contributed by atoms with Gasteiger partial charge in [0, 0.05) is 5.02 Å². The molecule has 7 nitrogen and oxygen atoms in total. The SMILES string of the molecule is Nc1c(-c2nn[nH]n2)oc2ccc(Cl)cc2c1=O. The van der Waals surface area contributed by atoms with Crippen LogP contribution in [0.1, 0.15) is 0 Å². The zero-order chi connectivity index (χ0) is 12.7. The van der Waals surface area contributed by atoms with Crippen LogP contribution < -0.4 is 11.2 Å². The number of nitrogens with two attached hydrogens (primary N) is 1. The van der Waals surface area contributed by atoms with Crippen LogP contribution in [0.15, 0.2) is 27.4 Å². The normalized spacial score (nSPS) is 10.9. The smallest absolute Gasteiger partial charge is 0.242 e. The molecule has 0 amide bonds. The number of aromatic amines is 1. The number of hydrogen-bond donors (Lipinski definition) is 2. The van der Waals surface area contributed by atoms with Crippen molar-refractivity contribution in [1.29, 1.82) is 0 Å². The molecule has 0 bridgehead atoms. The molecule has 90 valence electrons. The summed E-state index contributed by atoms with van der Waals surface area (Å²) in [6, 6.07) is 4.70. The minimum Gasteiger partial charge on any atom is -0.450 e. The molecule has 3 aromatic rings. The van der Waals surface area contributed by atoms with E-state index in [9.17, 15) is 4.79 Å². The summed E-state index contributed by atoms with van der Waals surface area (Å²) in [6.45, 7) is 0. The Kier molecular flexibility index (Phi) is 2.27. The van der Waals surface area contributed by atoms with Gasteiger partial charge in [-0.25, -0.2) is 0 Å². The van der Waals surface area contributed by atoms with Gasteiger partial charge in [-0.15, -0.1) is 10.2 Å². The van der Waals surface area contributed by atoms with Crippen molar-refractivity contribution in [2.24, 2.45) is 0 Å². The van der Waals surface area contributed by atoms with Crippen LogP contribution in [-0.2, 0) is 0 Å². The number of halogens is 1. The molecule has 0 aliphatic rings. The highest BCUT2D eigenvalue weighted by Crippen LogP contribution is 2.25. The number of hydrogen-bond acceptors (Lipinski definition) is 6. The number of anilines is 1. The molecular formula is C10H6ClN5O2. The summed E-state index contributed by atoms with van der Waals surface area (Å²) in [5.74, 6) is 0.213. The van der Waals surface area contributed by atoms with Crippen LogP contribution in [0.5, 0.6) is 0 Å². The Balaban J connectivity index is 2.40. The minimum atomic E-state index is -0.376. The number of tetrazole rings is 1. The first-order valence-corrected chi connectivity index (χ1v) is 5.30. The minimum absolute atomic E-state index is 0.0776. The predicted molar refractivity (Wildman–Crippen MR) is 65.1 cm³/mol. The van der Waals surface area contributed by atoms with Crippen molar-refractivity contribution in [2.75, 3.05) is 5.73 Å². The lowest BCUT2D eigenvalue weighted by Crippen LogP contribution is -2.10. The maximum absolute atomic E-state index is 12.1. The Morgan fingerprint density at radius 3 is 2.94 bits per heavy atom. The van der Waals surface area contributed by atoms with E-state index in [0.29, 0.717) is 16.0 Å². The molecule has 3 rings (SSSR count). The third kappa shape index (κ3) is 1.52. The average molecular weight is 264 g/mol. The second kappa shape index (κ2) is 3.81. The Bertz CT molecular complexity index is 781. The van der Waals surface area contributed by atoms with E-state index in [2.05, 4.69) is 20.6 Å². The Hall–Kier alpha value is -2.41. The van der Waals surface area contributed by atoms with Gasteiger partial charge in [-0.2, -0.15) is 5.21 Å². The van der Waals surface area contributed by atoms with E-state index in [1.165, 1.54) is 6.07 Å². The molecule has 8 heteroatoms. The quantitative estimate of drug-likeness (QED) is 0.683. The van der Waals surface area contributed by atoms with Gasteiger partial charge in [-0.05, 0) is 23.4 Å². The summed E-state index contributed by atoms with van der Waals surface area (Å²) >= 11 is 5.82. The summed E-state index contributed by atoms with van der Waals surface area (Å²) < 4.78 is 5.50. The molecular weight excluding hydrogens is 258 g/mol. The fraction of sp³-hybridized carbons (Fsp3) is 0. The van der Waals surface area contributed by atoms with Crippen molar-refractivity contribution in [1.82, 2.24) is 20.6 Å². The van der Waals surface area contributed by atoms with Gasteiger partial charge in [0.1, 0.15) is 11.3 Å². The topological polar surface area (TPSA) is 111 Å². The molecule has 18 heavy (non-hydrogen) atoms. The van der Waals surface area contributed by atoms with E-state index in [1.54, 1.807) is 12.1 Å². The van der Waals surface area contributed by atoms with Gasteiger partial charge in [0.25, 0.3) is 0 Å². The number of nitrogens with zero attached hydrogens (tertiary/aromatic N) is 3. The third-order valence-electron chi connectivity index (χ3n) is 2.44. The Morgan fingerprint density at radius 2 is 2.22 bits per heavy atom. The lowest BCUT2D eigenvalue weighted by molar-refractivity contribution is 0.615. The molecule has 0 aliphatic heterocycles. The third-order valence-corrected chi connectivity index (χ3v) is 2.67. The Morgan fingerprint density at radius 1 is 1.39 bits per heavy atom. The lowest BCUT2D eigenvalue weighted by Gasteiger charge is -2.03. The molecule has 2 aromatic heterocycles. The zero-order valence-electron chi connectivity index (χ0n) is 8.85. The first-order chi connectivity index (χ1) is 8.66. The van der Waals surface area contributed by atoms with Crippen molar-refractivity contribution < 1.29 is 4.42 Å². The predicted octanol–water partition coefficient (Wildman–Crippen LogP) is 1.21. The monoisotopic (exact) mass is 263 g/mol. The number of nitrogen functional groups attached to an aromatic ring is 1. The number of rotatable bonds is 1. The van der Waals surface area contributed by atoms with Crippen LogP contribution in [0, 0.1) is 0 Å². The summed E-state index contributed by atoms with van der Waals surface area (Å²) in [5, 5.41) is 13.8. The van der Waals surface area contributed by atoms with E-state index in [0.717, 1.165) is 0 Å². The number of benzene rings is 1. The molecule has 0 unspecified atom stereocenters. The molecule has 0 fully saturated rings. The van der Waals surface area contributed by atoms with E-state index < -0.39 is 0 Å². The first-order valence-electron chi connectivity index (χ1n) is 4.92. The Labute approximate surface area is 105 Å². The van der Waals surface area contributed by atoms with Crippen LogP contribution >= 0.6 is 11.6 Å². The molecule has 3 N–H and O–H groups in total. The van der Waals surface area contributed by atoms with Gasteiger partial charge < -0.3 is 10.2 Å². The molecule has 0 radical (unpaired) electrons. The van der Waals surface area contributed by atoms with Crippen molar-refractivity contribution in [3.05, 3.63) is 33.4 Å². The van der Waals surface area contributed by atoms with E-state index in [4.69, 9.17) is 21.8 Å². The van der Waals surface area contributed by atoms with Gasteiger partial charge in [0.05, 0.1) is 5.39 Å². The van der Waals surface area contributed by atoms with Crippen molar-refractivity contribution in [3.8, 4) is 11.6 Å². The fourth-order valence-corrected chi connectivity index (χ4v) is 1.78. The molecule has 0 saturated carbocycles. The largest absolute Gasteiger partial charge is 0.450 e. The van der Waals surface area contributed by atoms with Gasteiger partial charge in [-0.3, -0.25) is 4.79 Å². The van der Waals surface area contributed by atoms with Crippen LogP contribution in [0.25, 0.3) is 22.6 Å². The first kappa shape index (κ1) is 10.7. The van der Waals surface area contributed by atoms with Crippen LogP contribution in [-0.4, -0.2) is 20.6 Å². The average Bonchev–Trinajstić information content (AvgIpc) is 2.88. The highest BCUT2D eigenvalue weighted by Gasteiger charge is 2.16. The van der Waals surface area contributed by atoms with Gasteiger partial charge in [-0.1, -0.05) is 11.6 Å². The lowest BCUT2D eigenvalue weighted by atomic mass is 10.2. The molecule has 1 aromatic carbocycles. The van der Waals surface area contributed by atoms with Crippen molar-refractivity contribution in [3.63, 3.8) is 0 Å². The highest BCUT2D eigenvalue weighted by molar-refractivity contribution is 6.31. The van der Waals surface area contributed by atoms with Crippen LogP contribution in [0.3, 0.4) is 0 Å². The van der Waals surface area contributed by atoms with E-state index in [-0.39, 0.29) is 22.7 Å². The molecule has 2 heterocycles. The summed E-state index contributed by atoms with van der Waals surface area (Å²) in [7, 11) is 0. The second-order valence-electron chi connectivity index (χ2n) is 3.55. The molecule has 0 spiro atoms. The molecule has 0 aliphatic carbocycles. The van der Waals surface area contributed by atoms with Gasteiger partial charge in [0.15, 0.2) is 0 Å². The number of fused-ring (bicyclic) bond motifs is 1. The standard InChI is InChI=1S/C10H6ClN5O2/c11-4-1-2-6-5(3-4)8(17)7(12)9(18-6)10-13-15-16-14-10/h1-3H,12H2,(H,13,14,15,16). The summed E-state index contributed by atoms with van der Waals surface area (Å²) in [5.41, 5.74) is 5.62. The van der Waals surface area contributed by atoms with Crippen molar-refractivity contribution >= 4 is 28.3 Å². The van der Waals surface area contributed by atoms with Gasteiger partial charge >= 0.3 is 0 Å². The number of nitrogens with one attached hydrogen (secondary N) is 1. The summed E-state index contributed by atoms with van der Waals surface area (Å²) in [4.78, 5) is 12.1. The molecule has 0 saturated heterocycles. The maximum Gasteiger partial charge on any atom is 0.242 e. The van der Waals surface area contributed by atoms with E-state index in [1.807, 2.05) is 0 Å². The number of aromatic nitrogens is 4. The van der Waals surface area contributed by atoms with Crippen LogP contribution in [0.4, 0.5) is 5.69 Å².